The molecule has 0 bridgehead atoms. The maximum Gasteiger partial charge on any atom is 0.407 e. The highest BCUT2D eigenvalue weighted by atomic mass is 16.6. The third-order valence-corrected chi connectivity index (χ3v) is 4.83. The summed E-state index contributed by atoms with van der Waals surface area (Å²) >= 11 is 0. The minimum Gasteiger partial charge on any atom is -0.449 e. The van der Waals surface area contributed by atoms with Crippen molar-refractivity contribution in [3.8, 4) is 0 Å². The summed E-state index contributed by atoms with van der Waals surface area (Å²) in [5.74, 6) is -0.263. The number of alkyl carbamates (subject to hydrolysis) is 2. The number of nitrogens with one attached hydrogen (secondary N) is 2. The van der Waals surface area contributed by atoms with Crippen LogP contribution in [0.15, 0.2) is 0 Å². The maximum atomic E-state index is 12.5. The molecule has 0 aromatic rings. The molecule has 33 heavy (non-hydrogen) atoms. The van der Waals surface area contributed by atoms with Gasteiger partial charge in [0.05, 0.1) is 13.2 Å². The summed E-state index contributed by atoms with van der Waals surface area (Å²) in [6.07, 6.45) is 3.77. The zero-order chi connectivity index (χ0) is 25.7. The molecule has 7 heteroatoms. The number of amides is 2. The van der Waals surface area contributed by atoms with Gasteiger partial charge in [-0.15, -0.1) is 0 Å². The third kappa shape index (κ3) is 21.8. The van der Waals surface area contributed by atoms with E-state index in [2.05, 4.69) is 31.4 Å². The van der Waals surface area contributed by atoms with Gasteiger partial charge >= 0.3 is 12.2 Å². The predicted molar refractivity (Wildman–Crippen MR) is 133 cm³/mol. The van der Waals surface area contributed by atoms with Crippen LogP contribution in [-0.2, 0) is 14.3 Å². The van der Waals surface area contributed by atoms with Crippen LogP contribution in [0, 0.1) is 22.2 Å². The summed E-state index contributed by atoms with van der Waals surface area (Å²) < 4.78 is 10.6. The Morgan fingerprint density at radius 2 is 1.12 bits per heavy atom. The van der Waals surface area contributed by atoms with Gasteiger partial charge in [-0.2, -0.15) is 0 Å². The van der Waals surface area contributed by atoms with Crippen LogP contribution in [0.3, 0.4) is 0 Å². The van der Waals surface area contributed by atoms with E-state index in [-0.39, 0.29) is 42.2 Å². The van der Waals surface area contributed by atoms with Crippen molar-refractivity contribution in [1.82, 2.24) is 10.6 Å². The number of carbonyl (C=O) groups is 3. The number of ketones is 1. The first-order valence-electron chi connectivity index (χ1n) is 12.3. The van der Waals surface area contributed by atoms with Crippen molar-refractivity contribution in [3.05, 3.63) is 0 Å². The molecule has 0 aromatic carbocycles. The summed E-state index contributed by atoms with van der Waals surface area (Å²) in [4.78, 5) is 36.5. The number of hydrogen-bond donors (Lipinski definition) is 2. The van der Waals surface area contributed by atoms with E-state index in [1.165, 1.54) is 0 Å². The van der Waals surface area contributed by atoms with E-state index in [4.69, 9.17) is 9.47 Å². The Labute approximate surface area is 202 Å². The highest BCUT2D eigenvalue weighted by Crippen LogP contribution is 2.22. The Morgan fingerprint density at radius 3 is 1.52 bits per heavy atom. The Kier molecular flexibility index (Phi) is 13.7. The van der Waals surface area contributed by atoms with E-state index in [0.717, 1.165) is 25.7 Å². The molecule has 0 atom stereocenters. The molecule has 0 aliphatic rings. The van der Waals surface area contributed by atoms with Crippen LogP contribution in [0.2, 0.25) is 0 Å². The fourth-order valence-electron chi connectivity index (χ4n) is 2.91. The summed E-state index contributed by atoms with van der Waals surface area (Å²) in [6, 6.07) is 0. The zero-order valence-corrected chi connectivity index (χ0v) is 22.7. The summed E-state index contributed by atoms with van der Waals surface area (Å²) in [7, 11) is 0. The first-order chi connectivity index (χ1) is 15.0. The molecule has 194 valence electrons. The largest absolute Gasteiger partial charge is 0.449 e. The molecular weight excluding hydrogens is 420 g/mol. The van der Waals surface area contributed by atoms with Crippen LogP contribution in [0.25, 0.3) is 0 Å². The van der Waals surface area contributed by atoms with Crippen molar-refractivity contribution in [3.63, 3.8) is 0 Å². The zero-order valence-electron chi connectivity index (χ0n) is 22.7. The fraction of sp³-hybridized carbons (Fsp3) is 0.885. The van der Waals surface area contributed by atoms with Gasteiger partial charge in [-0.05, 0) is 29.1 Å². The van der Waals surface area contributed by atoms with Crippen molar-refractivity contribution >= 4 is 18.0 Å². The van der Waals surface area contributed by atoms with Crippen LogP contribution in [0.5, 0.6) is 0 Å². The molecule has 0 heterocycles. The van der Waals surface area contributed by atoms with E-state index in [9.17, 15) is 14.4 Å². The van der Waals surface area contributed by atoms with Gasteiger partial charge in [-0.1, -0.05) is 75.2 Å². The standard InChI is InChI=1S/C26H50N2O5/c1-24(2,3)14-12-10-11-13-21(29)15-20(16-32-22(30)27-18-25(4,5)6)17-33-23(31)28-19-26(7,8)9/h20H,10-19H2,1-9H3,(H,27,30)(H,28,31). The topological polar surface area (TPSA) is 93.7 Å². The number of unbranched alkanes of at least 4 members (excludes halogenated alkanes) is 2. The number of Topliss-reactive ketones (excluding diaryl/α,β-unsaturated/α-hetero) is 1. The van der Waals surface area contributed by atoms with E-state index in [1.807, 2.05) is 41.5 Å². The smallest absolute Gasteiger partial charge is 0.407 e. The summed E-state index contributed by atoms with van der Waals surface area (Å²) in [5.41, 5.74) is 0.191. The number of hydrogen-bond acceptors (Lipinski definition) is 5. The maximum absolute atomic E-state index is 12.5. The lowest BCUT2D eigenvalue weighted by molar-refractivity contribution is -0.120. The van der Waals surface area contributed by atoms with Crippen molar-refractivity contribution in [2.45, 2.75) is 101 Å². The van der Waals surface area contributed by atoms with E-state index in [0.29, 0.717) is 24.9 Å². The van der Waals surface area contributed by atoms with Gasteiger partial charge in [-0.3, -0.25) is 4.79 Å². The number of rotatable bonds is 13. The van der Waals surface area contributed by atoms with Crippen molar-refractivity contribution in [2.24, 2.45) is 22.2 Å². The van der Waals surface area contributed by atoms with Gasteiger partial charge < -0.3 is 20.1 Å². The average molecular weight is 471 g/mol. The molecule has 0 aliphatic carbocycles. The van der Waals surface area contributed by atoms with Gasteiger partial charge in [0.1, 0.15) is 5.78 Å². The second-order valence-corrected chi connectivity index (χ2v) is 12.8. The minimum absolute atomic E-state index is 0.0261. The highest BCUT2D eigenvalue weighted by Gasteiger charge is 2.20. The summed E-state index contributed by atoms with van der Waals surface area (Å²) in [6.45, 7) is 19.8. The van der Waals surface area contributed by atoms with Crippen LogP contribution in [0.1, 0.15) is 101 Å². The molecule has 0 fully saturated rings. The van der Waals surface area contributed by atoms with E-state index in [1.54, 1.807) is 0 Å². The van der Waals surface area contributed by atoms with Gasteiger partial charge in [0.2, 0.25) is 0 Å². The van der Waals surface area contributed by atoms with Gasteiger partial charge in [0.15, 0.2) is 0 Å². The Bertz CT molecular complexity index is 563. The van der Waals surface area contributed by atoms with Gasteiger partial charge in [-0.25, -0.2) is 9.59 Å². The Balaban J connectivity index is 4.61. The number of ether oxygens (including phenoxy) is 2. The highest BCUT2D eigenvalue weighted by molar-refractivity contribution is 5.78. The Morgan fingerprint density at radius 1 is 0.667 bits per heavy atom. The molecule has 0 radical (unpaired) electrons. The third-order valence-electron chi connectivity index (χ3n) is 4.83. The SMILES string of the molecule is CC(C)(C)CCCCCC(=O)CC(COC(=O)NCC(C)(C)C)COC(=O)NCC(C)(C)C. The van der Waals surface area contributed by atoms with Crippen molar-refractivity contribution in [1.29, 1.82) is 0 Å². The molecule has 0 rings (SSSR count). The lowest BCUT2D eigenvalue weighted by Crippen LogP contribution is -2.36. The van der Waals surface area contributed by atoms with Crippen LogP contribution in [0.4, 0.5) is 9.59 Å². The predicted octanol–water partition coefficient (Wildman–Crippen LogP) is 6.10. The molecule has 0 spiro atoms. The van der Waals surface area contributed by atoms with Crippen molar-refractivity contribution in [2.75, 3.05) is 26.3 Å². The molecule has 0 aromatic heterocycles. The lowest BCUT2D eigenvalue weighted by atomic mass is 9.89. The van der Waals surface area contributed by atoms with Crippen LogP contribution >= 0.6 is 0 Å². The monoisotopic (exact) mass is 470 g/mol. The van der Waals surface area contributed by atoms with Gasteiger partial charge in [0.25, 0.3) is 0 Å². The second-order valence-electron chi connectivity index (χ2n) is 12.8. The van der Waals surface area contributed by atoms with Crippen LogP contribution < -0.4 is 10.6 Å². The molecule has 2 N–H and O–H groups in total. The second kappa shape index (κ2) is 14.5. The average Bonchev–Trinajstić information content (AvgIpc) is 2.64. The molecule has 0 saturated heterocycles. The number of carbonyl (C=O) groups excluding carboxylic acids is 3. The fourth-order valence-corrected chi connectivity index (χ4v) is 2.91. The first-order valence-corrected chi connectivity index (χ1v) is 12.3. The normalized spacial score (nSPS) is 12.4. The Hall–Kier alpha value is -1.79. The molecule has 7 nitrogen and oxygen atoms in total. The van der Waals surface area contributed by atoms with Gasteiger partial charge in [0, 0.05) is 31.8 Å². The van der Waals surface area contributed by atoms with Crippen molar-refractivity contribution < 1.29 is 23.9 Å². The lowest BCUT2D eigenvalue weighted by Gasteiger charge is -2.21. The van der Waals surface area contributed by atoms with E-state index < -0.39 is 12.2 Å². The quantitative estimate of drug-likeness (QED) is 0.317. The minimum atomic E-state index is -0.526. The summed E-state index contributed by atoms with van der Waals surface area (Å²) in [5, 5.41) is 5.45. The first kappa shape index (κ1) is 31.2. The molecular formula is C26H50N2O5. The van der Waals surface area contributed by atoms with Crippen LogP contribution in [-0.4, -0.2) is 44.3 Å². The molecule has 0 aliphatic heterocycles. The molecule has 0 saturated carbocycles. The van der Waals surface area contributed by atoms with E-state index >= 15 is 0 Å². The molecule has 0 unspecified atom stereocenters. The molecule has 2 amide bonds.